The summed E-state index contributed by atoms with van der Waals surface area (Å²) in [4.78, 5) is 11.0. The molecule has 0 saturated carbocycles. The number of hydrogen-bond acceptors (Lipinski definition) is 4. The minimum atomic E-state index is -4.52. The van der Waals surface area contributed by atoms with Crippen LogP contribution in [0.5, 0.6) is 17.2 Å². The molecule has 0 heterocycles. The van der Waals surface area contributed by atoms with E-state index in [1.807, 2.05) is 0 Å². The van der Waals surface area contributed by atoms with Gasteiger partial charge in [0.05, 0.1) is 23.9 Å². The van der Waals surface area contributed by atoms with Gasteiger partial charge in [-0.1, -0.05) is 0 Å². The van der Waals surface area contributed by atoms with Gasteiger partial charge in [0, 0.05) is 0 Å². The number of hydrogen-bond donors (Lipinski definition) is 2. The van der Waals surface area contributed by atoms with E-state index < -0.39 is 17.7 Å². The lowest BCUT2D eigenvalue weighted by Gasteiger charge is -2.14. The highest BCUT2D eigenvalue weighted by atomic mass is 19.4. The largest absolute Gasteiger partial charge is 0.493 e. The van der Waals surface area contributed by atoms with E-state index >= 15 is 0 Å². The van der Waals surface area contributed by atoms with Gasteiger partial charge in [-0.3, -0.25) is 0 Å². The first kappa shape index (κ1) is 16.5. The maximum atomic E-state index is 12.6. The highest BCUT2D eigenvalue weighted by molar-refractivity contribution is 5.88. The van der Waals surface area contributed by atoms with Crippen LogP contribution in [-0.2, 0) is 6.18 Å². The standard InChI is InChI=1S/C15H12F3NO4/c1-22-12-4-2-8(14(20)21)6-13(12)23-11-5-3-9(7-10(11)19)15(16,17)18/h2-7H,19H2,1H3,(H,20,21). The first-order valence-electron chi connectivity index (χ1n) is 6.28. The highest BCUT2D eigenvalue weighted by Gasteiger charge is 2.31. The van der Waals surface area contributed by atoms with Crippen LogP contribution in [0, 0.1) is 0 Å². The number of nitrogens with two attached hydrogens (primary N) is 1. The summed E-state index contributed by atoms with van der Waals surface area (Å²) in [5.74, 6) is -0.982. The molecule has 0 atom stereocenters. The summed E-state index contributed by atoms with van der Waals surface area (Å²) in [6.07, 6.45) is -4.52. The Morgan fingerprint density at radius 2 is 1.74 bits per heavy atom. The normalized spacial score (nSPS) is 11.1. The lowest BCUT2D eigenvalue weighted by molar-refractivity contribution is -0.137. The molecule has 0 spiro atoms. The molecule has 0 aliphatic carbocycles. The maximum Gasteiger partial charge on any atom is 0.416 e. The van der Waals surface area contributed by atoms with Gasteiger partial charge in [0.25, 0.3) is 0 Å². The van der Waals surface area contributed by atoms with E-state index in [1.54, 1.807) is 0 Å². The van der Waals surface area contributed by atoms with E-state index in [0.717, 1.165) is 18.2 Å². The Bertz CT molecular complexity index is 744. The van der Waals surface area contributed by atoms with Crippen LogP contribution >= 0.6 is 0 Å². The number of aromatic carboxylic acids is 1. The number of anilines is 1. The maximum absolute atomic E-state index is 12.6. The zero-order valence-corrected chi connectivity index (χ0v) is 11.8. The lowest BCUT2D eigenvalue weighted by Crippen LogP contribution is -2.06. The Hall–Kier alpha value is -2.90. The molecular weight excluding hydrogens is 315 g/mol. The molecule has 0 saturated heterocycles. The monoisotopic (exact) mass is 327 g/mol. The van der Waals surface area contributed by atoms with Crippen molar-refractivity contribution in [3.8, 4) is 17.2 Å². The van der Waals surface area contributed by atoms with Crippen molar-refractivity contribution in [1.82, 2.24) is 0 Å². The molecule has 0 aliphatic heterocycles. The number of carbonyl (C=O) groups is 1. The number of methoxy groups -OCH3 is 1. The molecule has 0 bridgehead atoms. The van der Waals surface area contributed by atoms with Gasteiger partial charge >= 0.3 is 12.1 Å². The van der Waals surface area contributed by atoms with Gasteiger partial charge in [-0.2, -0.15) is 13.2 Å². The number of ether oxygens (including phenoxy) is 2. The van der Waals surface area contributed by atoms with E-state index in [-0.39, 0.29) is 28.5 Å². The van der Waals surface area contributed by atoms with Gasteiger partial charge in [0.15, 0.2) is 17.2 Å². The van der Waals surface area contributed by atoms with E-state index in [9.17, 15) is 18.0 Å². The molecule has 0 aliphatic rings. The number of carboxylic acid groups (broad SMARTS) is 1. The third kappa shape index (κ3) is 3.65. The topological polar surface area (TPSA) is 81.8 Å². The molecule has 0 fully saturated rings. The van der Waals surface area contributed by atoms with Crippen molar-refractivity contribution < 1.29 is 32.5 Å². The summed E-state index contributed by atoms with van der Waals surface area (Å²) in [6, 6.07) is 6.49. The second-order valence-electron chi connectivity index (χ2n) is 4.52. The number of halogens is 3. The molecule has 2 aromatic carbocycles. The van der Waals surface area contributed by atoms with Crippen LogP contribution in [0.15, 0.2) is 36.4 Å². The van der Waals surface area contributed by atoms with Crippen molar-refractivity contribution in [3.05, 3.63) is 47.5 Å². The Labute approximate surface area is 129 Å². The molecule has 23 heavy (non-hydrogen) atoms. The number of nitrogen functional groups attached to an aromatic ring is 1. The third-order valence-corrected chi connectivity index (χ3v) is 2.97. The summed E-state index contributed by atoms with van der Waals surface area (Å²) >= 11 is 0. The molecule has 122 valence electrons. The van der Waals surface area contributed by atoms with Crippen LogP contribution in [-0.4, -0.2) is 18.2 Å². The minimum Gasteiger partial charge on any atom is -0.493 e. The van der Waals surface area contributed by atoms with E-state index in [2.05, 4.69) is 0 Å². The molecular formula is C15H12F3NO4. The summed E-state index contributed by atoms with van der Waals surface area (Å²) in [6.45, 7) is 0. The summed E-state index contributed by atoms with van der Waals surface area (Å²) in [5, 5.41) is 8.97. The Morgan fingerprint density at radius 1 is 1.09 bits per heavy atom. The minimum absolute atomic E-state index is 0.0267. The average molecular weight is 327 g/mol. The smallest absolute Gasteiger partial charge is 0.416 e. The first-order chi connectivity index (χ1) is 10.7. The summed E-state index contributed by atoms with van der Waals surface area (Å²) in [7, 11) is 1.35. The molecule has 5 nitrogen and oxygen atoms in total. The Balaban J connectivity index is 2.39. The fraction of sp³-hybridized carbons (Fsp3) is 0.133. The number of carboxylic acids is 1. The molecule has 3 N–H and O–H groups in total. The van der Waals surface area contributed by atoms with Crippen molar-refractivity contribution in [2.24, 2.45) is 0 Å². The lowest BCUT2D eigenvalue weighted by atomic mass is 10.1. The van der Waals surface area contributed by atoms with Crippen molar-refractivity contribution in [2.75, 3.05) is 12.8 Å². The third-order valence-electron chi connectivity index (χ3n) is 2.97. The van der Waals surface area contributed by atoms with Gasteiger partial charge in [0.2, 0.25) is 0 Å². The van der Waals surface area contributed by atoms with Gasteiger partial charge in [-0.25, -0.2) is 4.79 Å². The highest BCUT2D eigenvalue weighted by Crippen LogP contribution is 2.38. The second-order valence-corrected chi connectivity index (χ2v) is 4.52. The van der Waals surface area contributed by atoms with Crippen molar-refractivity contribution in [1.29, 1.82) is 0 Å². The van der Waals surface area contributed by atoms with E-state index in [1.165, 1.54) is 25.3 Å². The van der Waals surface area contributed by atoms with Crippen LogP contribution < -0.4 is 15.2 Å². The average Bonchev–Trinajstić information content (AvgIpc) is 2.48. The van der Waals surface area contributed by atoms with Crippen LogP contribution in [0.3, 0.4) is 0 Å². The fourth-order valence-corrected chi connectivity index (χ4v) is 1.83. The molecule has 0 radical (unpaired) electrons. The van der Waals surface area contributed by atoms with Crippen molar-refractivity contribution in [3.63, 3.8) is 0 Å². The van der Waals surface area contributed by atoms with Crippen LogP contribution in [0.4, 0.5) is 18.9 Å². The quantitative estimate of drug-likeness (QED) is 0.835. The van der Waals surface area contributed by atoms with Crippen LogP contribution in [0.2, 0.25) is 0 Å². The summed E-state index contributed by atoms with van der Waals surface area (Å²) < 4.78 is 48.3. The number of benzene rings is 2. The zero-order chi connectivity index (χ0) is 17.2. The molecule has 2 rings (SSSR count). The van der Waals surface area contributed by atoms with Crippen LogP contribution in [0.25, 0.3) is 0 Å². The van der Waals surface area contributed by atoms with Gasteiger partial charge in [-0.15, -0.1) is 0 Å². The predicted molar refractivity (Wildman–Crippen MR) is 75.9 cm³/mol. The van der Waals surface area contributed by atoms with E-state index in [4.69, 9.17) is 20.3 Å². The van der Waals surface area contributed by atoms with Gasteiger partial charge in [-0.05, 0) is 36.4 Å². The Kier molecular flexibility index (Phi) is 4.35. The van der Waals surface area contributed by atoms with Crippen LogP contribution in [0.1, 0.15) is 15.9 Å². The first-order valence-corrected chi connectivity index (χ1v) is 6.28. The predicted octanol–water partition coefficient (Wildman–Crippen LogP) is 3.79. The summed E-state index contributed by atoms with van der Waals surface area (Å²) in [5.41, 5.74) is 4.37. The zero-order valence-electron chi connectivity index (χ0n) is 11.8. The number of alkyl halides is 3. The second kappa shape index (κ2) is 6.07. The SMILES string of the molecule is COc1ccc(C(=O)O)cc1Oc1ccc(C(F)(F)F)cc1N. The molecule has 2 aromatic rings. The molecule has 0 aromatic heterocycles. The molecule has 0 unspecified atom stereocenters. The van der Waals surface area contributed by atoms with Gasteiger partial charge in [0.1, 0.15) is 0 Å². The Morgan fingerprint density at radius 3 is 2.26 bits per heavy atom. The fourth-order valence-electron chi connectivity index (χ4n) is 1.83. The van der Waals surface area contributed by atoms with Crippen molar-refractivity contribution >= 4 is 11.7 Å². The molecule has 0 amide bonds. The molecule has 8 heteroatoms. The van der Waals surface area contributed by atoms with Crippen molar-refractivity contribution in [2.45, 2.75) is 6.18 Å². The van der Waals surface area contributed by atoms with E-state index in [0.29, 0.717) is 0 Å². The number of rotatable bonds is 4. The van der Waals surface area contributed by atoms with Gasteiger partial charge < -0.3 is 20.3 Å².